The van der Waals surface area contributed by atoms with Crippen LogP contribution in [0.5, 0.6) is 0 Å². The van der Waals surface area contributed by atoms with Crippen LogP contribution in [0, 0.1) is 0 Å². The van der Waals surface area contributed by atoms with Crippen LogP contribution < -0.4 is 11.1 Å². The first kappa shape index (κ1) is 12.0. The Morgan fingerprint density at radius 2 is 2.08 bits per heavy atom. The monoisotopic (exact) mass is 180 g/mol. The fourth-order valence-corrected chi connectivity index (χ4v) is 0.981. The topological polar surface area (TPSA) is 38.0 Å². The fraction of sp³-hybridized carbons (Fsp3) is 0.455. The van der Waals surface area contributed by atoms with Gasteiger partial charge in [-0.05, 0) is 26.3 Å². The lowest BCUT2D eigenvalue weighted by atomic mass is 10.2. The zero-order valence-corrected chi connectivity index (χ0v) is 8.47. The van der Waals surface area contributed by atoms with Crippen molar-refractivity contribution in [3.8, 4) is 0 Å². The number of nitrogens with two attached hydrogens (primary N) is 1. The van der Waals surface area contributed by atoms with Crippen molar-refractivity contribution in [2.75, 3.05) is 13.1 Å². The molecular weight excluding hydrogens is 160 g/mol. The number of hydrogen-bond donors (Lipinski definition) is 2. The highest BCUT2D eigenvalue weighted by molar-refractivity contribution is 5.13. The summed E-state index contributed by atoms with van der Waals surface area (Å²) < 4.78 is 0. The van der Waals surface area contributed by atoms with Crippen molar-refractivity contribution in [3.63, 3.8) is 0 Å². The molecule has 0 heterocycles. The molecule has 0 aliphatic heterocycles. The van der Waals surface area contributed by atoms with Crippen LogP contribution in [0.15, 0.2) is 36.6 Å². The molecular formula is C11H20N2. The average Bonchev–Trinajstić information content (AvgIpc) is 2.05. The van der Waals surface area contributed by atoms with Gasteiger partial charge in [0.15, 0.2) is 0 Å². The van der Waals surface area contributed by atoms with Crippen molar-refractivity contribution in [1.82, 2.24) is 5.32 Å². The van der Waals surface area contributed by atoms with E-state index in [1.165, 1.54) is 0 Å². The minimum Gasteiger partial charge on any atom is -0.388 e. The third kappa shape index (κ3) is 7.34. The smallest absolute Gasteiger partial charge is 0.0184 e. The van der Waals surface area contributed by atoms with Crippen molar-refractivity contribution >= 4 is 0 Å². The fourth-order valence-electron chi connectivity index (χ4n) is 0.981. The number of rotatable bonds is 7. The van der Waals surface area contributed by atoms with Gasteiger partial charge in [-0.1, -0.05) is 30.9 Å². The first-order chi connectivity index (χ1) is 6.20. The summed E-state index contributed by atoms with van der Waals surface area (Å²) in [6.07, 6.45) is 5.81. The van der Waals surface area contributed by atoms with E-state index in [1.807, 2.05) is 19.1 Å². The van der Waals surface area contributed by atoms with Crippen LogP contribution in [0.3, 0.4) is 0 Å². The molecule has 0 radical (unpaired) electrons. The van der Waals surface area contributed by atoms with E-state index in [2.05, 4.69) is 18.5 Å². The van der Waals surface area contributed by atoms with Gasteiger partial charge in [0.2, 0.25) is 0 Å². The molecule has 0 amide bonds. The minimum atomic E-state index is 0.654. The van der Waals surface area contributed by atoms with Gasteiger partial charge < -0.3 is 11.1 Å². The van der Waals surface area contributed by atoms with Gasteiger partial charge in [0.05, 0.1) is 0 Å². The molecule has 0 fully saturated rings. The SMILES string of the molecule is C=C(/C=C\C)CCNC(=C)CCN. The van der Waals surface area contributed by atoms with Crippen LogP contribution in [0.1, 0.15) is 19.8 Å². The quantitative estimate of drug-likeness (QED) is 0.588. The van der Waals surface area contributed by atoms with Crippen LogP contribution >= 0.6 is 0 Å². The Bertz CT molecular complexity index is 192. The summed E-state index contributed by atoms with van der Waals surface area (Å²) >= 11 is 0. The lowest BCUT2D eigenvalue weighted by Crippen LogP contribution is -2.16. The molecule has 74 valence electrons. The maximum absolute atomic E-state index is 5.38. The molecule has 2 heteroatoms. The van der Waals surface area contributed by atoms with Gasteiger partial charge >= 0.3 is 0 Å². The predicted molar refractivity (Wildman–Crippen MR) is 59.4 cm³/mol. The molecule has 3 N–H and O–H groups in total. The summed E-state index contributed by atoms with van der Waals surface area (Å²) in [7, 11) is 0. The van der Waals surface area contributed by atoms with Crippen molar-refractivity contribution in [3.05, 3.63) is 36.6 Å². The molecule has 0 rings (SSSR count). The van der Waals surface area contributed by atoms with E-state index in [1.54, 1.807) is 0 Å². The third-order valence-corrected chi connectivity index (χ3v) is 1.67. The number of nitrogens with one attached hydrogen (secondary N) is 1. The van der Waals surface area contributed by atoms with E-state index in [9.17, 15) is 0 Å². The predicted octanol–water partition coefficient (Wildman–Crippen LogP) is 1.96. The molecule has 0 saturated heterocycles. The van der Waals surface area contributed by atoms with Gasteiger partial charge in [-0.25, -0.2) is 0 Å². The Hall–Kier alpha value is -1.02. The highest BCUT2D eigenvalue weighted by Gasteiger charge is 1.92. The molecule has 0 aromatic carbocycles. The molecule has 0 spiro atoms. The maximum atomic E-state index is 5.38. The van der Waals surface area contributed by atoms with Gasteiger partial charge in [-0.3, -0.25) is 0 Å². The van der Waals surface area contributed by atoms with Crippen LogP contribution in [-0.4, -0.2) is 13.1 Å². The molecule has 13 heavy (non-hydrogen) atoms. The second kappa shape index (κ2) is 7.62. The summed E-state index contributed by atoms with van der Waals surface area (Å²) in [5.74, 6) is 0. The molecule has 0 aliphatic carbocycles. The van der Waals surface area contributed by atoms with Crippen LogP contribution in [0.2, 0.25) is 0 Å². The normalized spacial score (nSPS) is 10.3. The first-order valence-corrected chi connectivity index (χ1v) is 4.63. The summed E-state index contributed by atoms with van der Waals surface area (Å²) in [6, 6.07) is 0. The van der Waals surface area contributed by atoms with Crippen molar-refractivity contribution in [2.24, 2.45) is 5.73 Å². The van der Waals surface area contributed by atoms with E-state index in [-0.39, 0.29) is 0 Å². The molecule has 0 aliphatic rings. The van der Waals surface area contributed by atoms with Crippen LogP contribution in [-0.2, 0) is 0 Å². The summed E-state index contributed by atoms with van der Waals surface area (Å²) in [5, 5.41) is 3.20. The molecule has 0 bridgehead atoms. The van der Waals surface area contributed by atoms with Gasteiger partial charge in [0.1, 0.15) is 0 Å². The molecule has 0 unspecified atom stereocenters. The van der Waals surface area contributed by atoms with E-state index in [0.717, 1.165) is 30.7 Å². The average molecular weight is 180 g/mol. The lowest BCUT2D eigenvalue weighted by Gasteiger charge is -2.07. The second-order valence-electron chi connectivity index (χ2n) is 2.98. The lowest BCUT2D eigenvalue weighted by molar-refractivity contribution is 0.745. The summed E-state index contributed by atoms with van der Waals surface area (Å²) in [6.45, 7) is 11.3. The minimum absolute atomic E-state index is 0.654. The number of hydrogen-bond acceptors (Lipinski definition) is 2. The van der Waals surface area contributed by atoms with Gasteiger partial charge in [-0.2, -0.15) is 0 Å². The summed E-state index contributed by atoms with van der Waals surface area (Å²) in [4.78, 5) is 0. The molecule has 0 aromatic rings. The number of allylic oxidation sites excluding steroid dienone is 2. The van der Waals surface area contributed by atoms with Gasteiger partial charge in [-0.15, -0.1) is 0 Å². The largest absolute Gasteiger partial charge is 0.388 e. The Kier molecular flexibility index (Phi) is 7.02. The third-order valence-electron chi connectivity index (χ3n) is 1.67. The maximum Gasteiger partial charge on any atom is 0.0184 e. The standard InChI is InChI=1S/C11H20N2/c1-4-5-10(2)7-9-13-11(3)6-8-12/h4-5,13H,2-3,6-9,12H2,1H3/b5-4-. The van der Waals surface area contributed by atoms with Gasteiger partial charge in [0, 0.05) is 12.2 Å². The Labute approximate surface area is 81.2 Å². The molecule has 0 atom stereocenters. The molecule has 0 aromatic heterocycles. The summed E-state index contributed by atoms with van der Waals surface area (Å²) in [5.41, 5.74) is 7.52. The Balaban J connectivity index is 3.44. The van der Waals surface area contributed by atoms with E-state index >= 15 is 0 Å². The zero-order valence-electron chi connectivity index (χ0n) is 8.47. The Morgan fingerprint density at radius 1 is 1.38 bits per heavy atom. The highest BCUT2D eigenvalue weighted by Crippen LogP contribution is 1.99. The van der Waals surface area contributed by atoms with Crippen LogP contribution in [0.25, 0.3) is 0 Å². The van der Waals surface area contributed by atoms with Crippen molar-refractivity contribution in [1.29, 1.82) is 0 Å². The molecule has 0 saturated carbocycles. The van der Waals surface area contributed by atoms with Gasteiger partial charge in [0.25, 0.3) is 0 Å². The highest BCUT2D eigenvalue weighted by atomic mass is 14.9. The second-order valence-corrected chi connectivity index (χ2v) is 2.98. The van der Waals surface area contributed by atoms with Crippen molar-refractivity contribution < 1.29 is 0 Å². The van der Waals surface area contributed by atoms with E-state index in [4.69, 9.17) is 5.73 Å². The molecule has 2 nitrogen and oxygen atoms in total. The Morgan fingerprint density at radius 3 is 2.62 bits per heavy atom. The van der Waals surface area contributed by atoms with E-state index < -0.39 is 0 Å². The van der Waals surface area contributed by atoms with Crippen LogP contribution in [0.4, 0.5) is 0 Å². The van der Waals surface area contributed by atoms with Crippen molar-refractivity contribution in [2.45, 2.75) is 19.8 Å². The van der Waals surface area contributed by atoms with E-state index in [0.29, 0.717) is 6.54 Å². The first-order valence-electron chi connectivity index (χ1n) is 4.63. The zero-order chi connectivity index (χ0) is 10.1.